The van der Waals surface area contributed by atoms with Gasteiger partial charge >= 0.3 is 17.9 Å². The Balaban J connectivity index is 4.16. The van der Waals surface area contributed by atoms with Crippen LogP contribution in [0.25, 0.3) is 0 Å². The van der Waals surface area contributed by atoms with Crippen molar-refractivity contribution in [2.24, 2.45) is 0 Å². The Morgan fingerprint density at radius 2 is 0.609 bits per heavy atom. The number of hydrogen-bond acceptors (Lipinski definition) is 6. The van der Waals surface area contributed by atoms with Crippen LogP contribution in [0, 0.1) is 0 Å². The maximum Gasteiger partial charge on any atom is 0.306 e. The van der Waals surface area contributed by atoms with Crippen molar-refractivity contribution in [1.82, 2.24) is 0 Å². The Labute approximate surface area is 397 Å². The Hall–Kier alpha value is -2.63. The third-order valence-corrected chi connectivity index (χ3v) is 12.1. The van der Waals surface area contributed by atoms with Crippen LogP contribution in [-0.2, 0) is 28.6 Å². The Kier molecular flexibility index (Phi) is 50.8. The highest BCUT2D eigenvalue weighted by Gasteiger charge is 2.19. The molecule has 1 unspecified atom stereocenters. The molecule has 0 aromatic heterocycles. The van der Waals surface area contributed by atoms with Crippen molar-refractivity contribution in [3.63, 3.8) is 0 Å². The van der Waals surface area contributed by atoms with Crippen LogP contribution >= 0.6 is 0 Å². The molecule has 0 aromatic rings. The van der Waals surface area contributed by atoms with Crippen LogP contribution in [0.2, 0.25) is 0 Å². The Morgan fingerprint density at radius 3 is 0.953 bits per heavy atom. The van der Waals surface area contributed by atoms with Gasteiger partial charge in [-0.2, -0.15) is 0 Å². The molecule has 0 aromatic carbocycles. The van der Waals surface area contributed by atoms with E-state index >= 15 is 0 Å². The Bertz CT molecular complexity index is 1120. The minimum atomic E-state index is -0.770. The minimum Gasteiger partial charge on any atom is -0.462 e. The van der Waals surface area contributed by atoms with Crippen LogP contribution in [0.1, 0.15) is 284 Å². The van der Waals surface area contributed by atoms with Crippen molar-refractivity contribution < 1.29 is 28.6 Å². The molecule has 0 saturated heterocycles. The van der Waals surface area contributed by atoms with E-state index in [1.165, 1.54) is 154 Å². The lowest BCUT2D eigenvalue weighted by molar-refractivity contribution is -0.167. The molecule has 0 radical (unpaired) electrons. The first-order valence-corrected chi connectivity index (χ1v) is 27.6. The summed E-state index contributed by atoms with van der Waals surface area (Å²) < 4.78 is 16.7. The van der Waals surface area contributed by atoms with Crippen molar-refractivity contribution in [2.45, 2.75) is 290 Å². The fourth-order valence-corrected chi connectivity index (χ4v) is 7.96. The van der Waals surface area contributed by atoms with Gasteiger partial charge in [-0.25, -0.2) is 0 Å². The van der Waals surface area contributed by atoms with E-state index < -0.39 is 6.10 Å². The maximum absolute atomic E-state index is 12.8. The molecular formula is C58H104O6. The quantitative estimate of drug-likeness (QED) is 0.0262. The lowest BCUT2D eigenvalue weighted by Gasteiger charge is -2.18. The average Bonchev–Trinajstić information content (AvgIpc) is 3.29. The van der Waals surface area contributed by atoms with Gasteiger partial charge in [-0.05, 0) is 57.8 Å². The summed E-state index contributed by atoms with van der Waals surface area (Å²) in [5.74, 6) is -0.878. The summed E-state index contributed by atoms with van der Waals surface area (Å²) in [6, 6.07) is 0. The van der Waals surface area contributed by atoms with Gasteiger partial charge in [0.15, 0.2) is 6.10 Å². The van der Waals surface area contributed by atoms with E-state index in [-0.39, 0.29) is 31.1 Å². The first kappa shape index (κ1) is 61.4. The number of esters is 3. The van der Waals surface area contributed by atoms with Gasteiger partial charge in [-0.3, -0.25) is 14.4 Å². The molecule has 372 valence electrons. The molecule has 6 nitrogen and oxygen atoms in total. The molecule has 64 heavy (non-hydrogen) atoms. The van der Waals surface area contributed by atoms with E-state index in [4.69, 9.17) is 14.2 Å². The summed E-state index contributed by atoms with van der Waals surface area (Å²) in [6.45, 7) is 6.49. The van der Waals surface area contributed by atoms with Crippen LogP contribution < -0.4 is 0 Å². The number of carbonyl (C=O) groups is 3. The normalized spacial score (nSPS) is 12.4. The molecule has 0 bridgehead atoms. The molecule has 1 atom stereocenters. The molecular weight excluding hydrogens is 793 g/mol. The Morgan fingerprint density at radius 1 is 0.328 bits per heavy atom. The number of carbonyl (C=O) groups excluding carboxylic acids is 3. The predicted octanol–water partition coefficient (Wildman–Crippen LogP) is 18.3. The van der Waals surface area contributed by atoms with E-state index in [0.29, 0.717) is 19.3 Å². The molecule has 0 fully saturated rings. The van der Waals surface area contributed by atoms with Crippen molar-refractivity contribution >= 4 is 17.9 Å². The molecule has 0 heterocycles. The largest absolute Gasteiger partial charge is 0.462 e. The number of rotatable bonds is 50. The number of ether oxygens (including phenoxy) is 3. The van der Waals surface area contributed by atoms with Crippen molar-refractivity contribution in [3.05, 3.63) is 48.6 Å². The molecule has 0 rings (SSSR count). The molecule has 0 aliphatic heterocycles. The summed E-state index contributed by atoms with van der Waals surface area (Å²) in [6.07, 6.45) is 64.1. The predicted molar refractivity (Wildman–Crippen MR) is 275 cm³/mol. The summed E-state index contributed by atoms with van der Waals surface area (Å²) in [7, 11) is 0. The van der Waals surface area contributed by atoms with Crippen LogP contribution in [-0.4, -0.2) is 37.2 Å². The zero-order valence-corrected chi connectivity index (χ0v) is 42.6. The molecule has 6 heteroatoms. The molecule has 0 saturated carbocycles. The van der Waals surface area contributed by atoms with Crippen molar-refractivity contribution in [2.75, 3.05) is 13.2 Å². The van der Waals surface area contributed by atoms with Gasteiger partial charge in [0.05, 0.1) is 0 Å². The monoisotopic (exact) mass is 897 g/mol. The highest BCUT2D eigenvalue weighted by Crippen LogP contribution is 2.16. The van der Waals surface area contributed by atoms with Crippen molar-refractivity contribution in [1.29, 1.82) is 0 Å². The second-order valence-electron chi connectivity index (χ2n) is 18.5. The van der Waals surface area contributed by atoms with E-state index in [9.17, 15) is 14.4 Å². The van der Waals surface area contributed by atoms with Crippen LogP contribution in [0.15, 0.2) is 48.6 Å². The van der Waals surface area contributed by atoms with Crippen LogP contribution in [0.4, 0.5) is 0 Å². The van der Waals surface area contributed by atoms with Gasteiger partial charge < -0.3 is 14.2 Å². The van der Waals surface area contributed by atoms with Gasteiger partial charge in [0.2, 0.25) is 0 Å². The zero-order valence-electron chi connectivity index (χ0n) is 42.6. The molecule has 0 aliphatic rings. The van der Waals surface area contributed by atoms with E-state index in [1.807, 2.05) is 0 Å². The zero-order chi connectivity index (χ0) is 46.5. The van der Waals surface area contributed by atoms with Crippen LogP contribution in [0.3, 0.4) is 0 Å². The fourth-order valence-electron chi connectivity index (χ4n) is 7.96. The smallest absolute Gasteiger partial charge is 0.306 e. The molecule has 0 spiro atoms. The first-order valence-electron chi connectivity index (χ1n) is 27.6. The number of hydrogen-bond donors (Lipinski definition) is 0. The number of unbranched alkanes of at least 4 members (excludes halogenated alkanes) is 31. The van der Waals surface area contributed by atoms with E-state index in [0.717, 1.165) is 89.9 Å². The second-order valence-corrected chi connectivity index (χ2v) is 18.5. The third kappa shape index (κ3) is 50.4. The highest BCUT2D eigenvalue weighted by atomic mass is 16.6. The van der Waals surface area contributed by atoms with E-state index in [1.54, 1.807) is 0 Å². The average molecular weight is 897 g/mol. The highest BCUT2D eigenvalue weighted by molar-refractivity contribution is 5.71. The number of allylic oxidation sites excluding steroid dienone is 8. The van der Waals surface area contributed by atoms with E-state index in [2.05, 4.69) is 69.4 Å². The minimum absolute atomic E-state index is 0.0731. The van der Waals surface area contributed by atoms with Gasteiger partial charge in [0, 0.05) is 19.3 Å². The van der Waals surface area contributed by atoms with Gasteiger partial charge in [-0.1, -0.05) is 256 Å². The second kappa shape index (κ2) is 53.0. The summed E-state index contributed by atoms with van der Waals surface area (Å²) in [4.78, 5) is 37.8. The fraction of sp³-hybridized carbons (Fsp3) is 0.810. The van der Waals surface area contributed by atoms with Gasteiger partial charge in [-0.15, -0.1) is 0 Å². The van der Waals surface area contributed by atoms with Gasteiger partial charge in [0.25, 0.3) is 0 Å². The molecule has 0 N–H and O–H groups in total. The topological polar surface area (TPSA) is 78.9 Å². The summed E-state index contributed by atoms with van der Waals surface area (Å²) in [5, 5.41) is 0. The van der Waals surface area contributed by atoms with Gasteiger partial charge in [0.1, 0.15) is 13.2 Å². The summed E-state index contributed by atoms with van der Waals surface area (Å²) in [5.41, 5.74) is 0. The third-order valence-electron chi connectivity index (χ3n) is 12.1. The maximum atomic E-state index is 12.8. The lowest BCUT2D eigenvalue weighted by Crippen LogP contribution is -2.30. The van der Waals surface area contributed by atoms with Crippen LogP contribution in [0.5, 0.6) is 0 Å². The lowest BCUT2D eigenvalue weighted by atomic mass is 10.0. The molecule has 0 amide bonds. The standard InChI is InChI=1S/C58H104O6/c1-4-7-10-13-16-18-20-22-24-26-28-29-31-32-34-36-38-40-42-45-48-51-57(60)63-54-55(53-62-56(59)50-47-44-15-12-9-6-3)64-58(61)52-49-46-43-41-39-37-35-33-30-27-25-23-21-19-17-14-11-8-5-2/h7,10,16,18,22,24,28-29,55H,4-6,8-9,11-15,17,19-21,23,25-27,30-54H2,1-3H3/b10-7-,18-16-,24-22-,29-28-. The van der Waals surface area contributed by atoms with Crippen molar-refractivity contribution in [3.8, 4) is 0 Å². The molecule has 0 aliphatic carbocycles. The first-order chi connectivity index (χ1) is 31.5. The summed E-state index contributed by atoms with van der Waals surface area (Å²) >= 11 is 0. The SMILES string of the molecule is CC/C=C\C/C=C\C/C=C\C/C=C\CCCCCCCCCCC(=O)OCC(COC(=O)CCCCCCCC)OC(=O)CCCCCCCCCCCCCCCCCCCCC.